The van der Waals surface area contributed by atoms with Gasteiger partial charge in [-0.05, 0) is 36.8 Å². The zero-order valence-electron chi connectivity index (χ0n) is 15.8. The largest absolute Gasteiger partial charge is 0.341 e. The fourth-order valence-corrected chi connectivity index (χ4v) is 4.97. The molecule has 0 bridgehead atoms. The van der Waals surface area contributed by atoms with Gasteiger partial charge in [0.15, 0.2) is 0 Å². The summed E-state index contributed by atoms with van der Waals surface area (Å²) in [5.74, 6) is 2.20. The highest BCUT2D eigenvalue weighted by Crippen LogP contribution is 2.23. The van der Waals surface area contributed by atoms with E-state index < -0.39 is 0 Å². The topological polar surface area (TPSA) is 52.7 Å². The summed E-state index contributed by atoms with van der Waals surface area (Å²) in [6.07, 6.45) is 0.402. The van der Waals surface area contributed by atoms with Crippen LogP contribution in [0.5, 0.6) is 0 Å². The van der Waals surface area contributed by atoms with E-state index in [1.54, 1.807) is 4.90 Å². The van der Waals surface area contributed by atoms with Crippen molar-refractivity contribution in [3.05, 3.63) is 51.2 Å². The number of nitrogens with one attached hydrogen (secondary N) is 1. The number of halogens is 1. The Balaban J connectivity index is 1.53. The van der Waals surface area contributed by atoms with Crippen LogP contribution in [-0.2, 0) is 17.8 Å². The van der Waals surface area contributed by atoms with E-state index in [2.05, 4.69) is 5.32 Å². The highest BCUT2D eigenvalue weighted by Gasteiger charge is 2.17. The molecule has 0 radical (unpaired) electrons. The molecule has 5 nitrogen and oxygen atoms in total. The average Bonchev–Trinajstić information content (AvgIpc) is 3.13. The molecule has 0 unspecified atom stereocenters. The number of benzene rings is 1. The quantitative estimate of drug-likeness (QED) is 0.719. The van der Waals surface area contributed by atoms with E-state index in [0.29, 0.717) is 19.5 Å². The van der Waals surface area contributed by atoms with Crippen molar-refractivity contribution in [1.82, 2.24) is 9.80 Å². The van der Waals surface area contributed by atoms with Crippen molar-refractivity contribution in [3.63, 3.8) is 0 Å². The molecule has 1 saturated heterocycles. The maximum absolute atomic E-state index is 12.5. The van der Waals surface area contributed by atoms with Gasteiger partial charge in [0, 0.05) is 41.7 Å². The third-order valence-corrected chi connectivity index (χ3v) is 6.73. The lowest BCUT2D eigenvalue weighted by molar-refractivity contribution is -0.130. The second-order valence-corrected chi connectivity index (χ2v) is 9.54. The maximum atomic E-state index is 12.5. The Morgan fingerprint density at radius 1 is 1.14 bits per heavy atom. The van der Waals surface area contributed by atoms with E-state index in [-0.39, 0.29) is 11.9 Å². The summed E-state index contributed by atoms with van der Waals surface area (Å²) in [5.41, 5.74) is 1.68. The van der Waals surface area contributed by atoms with Crippen molar-refractivity contribution < 1.29 is 9.59 Å². The number of amides is 3. The number of carbonyl (C=O) groups excluding carboxylic acids is 2. The van der Waals surface area contributed by atoms with Gasteiger partial charge >= 0.3 is 6.03 Å². The van der Waals surface area contributed by atoms with Gasteiger partial charge in [-0.25, -0.2) is 4.79 Å². The maximum Gasteiger partial charge on any atom is 0.322 e. The third kappa shape index (κ3) is 5.90. The Bertz CT molecular complexity index is 804. The second-order valence-electron chi connectivity index (χ2n) is 6.52. The Morgan fingerprint density at radius 3 is 2.46 bits per heavy atom. The molecule has 0 spiro atoms. The molecule has 0 saturated carbocycles. The van der Waals surface area contributed by atoms with Gasteiger partial charge in [0.2, 0.25) is 5.91 Å². The molecular weight excluding hydrogens is 414 g/mol. The highest BCUT2D eigenvalue weighted by atomic mass is 35.5. The smallest absolute Gasteiger partial charge is 0.322 e. The number of thioether (sulfide) groups is 1. The Kier molecular flexibility index (Phi) is 7.65. The van der Waals surface area contributed by atoms with Gasteiger partial charge in [-0.3, -0.25) is 4.79 Å². The molecule has 1 aromatic heterocycles. The third-order valence-electron chi connectivity index (χ3n) is 4.57. The van der Waals surface area contributed by atoms with Gasteiger partial charge in [0.05, 0.1) is 17.3 Å². The molecule has 3 rings (SSSR count). The number of hydrogen-bond donors (Lipinski definition) is 1. The second kappa shape index (κ2) is 10.2. The molecule has 3 amide bonds. The predicted octanol–water partition coefficient (Wildman–Crippen LogP) is 4.57. The number of hydrogen-bond acceptors (Lipinski definition) is 4. The van der Waals surface area contributed by atoms with Gasteiger partial charge in [-0.2, -0.15) is 11.8 Å². The van der Waals surface area contributed by atoms with E-state index in [9.17, 15) is 9.59 Å². The fraction of sp³-hybridized carbons (Fsp3) is 0.400. The van der Waals surface area contributed by atoms with E-state index in [1.165, 1.54) is 11.3 Å². The minimum Gasteiger partial charge on any atom is -0.341 e. The van der Waals surface area contributed by atoms with Gasteiger partial charge in [-0.1, -0.05) is 23.7 Å². The highest BCUT2D eigenvalue weighted by molar-refractivity contribution is 7.99. The molecule has 1 aliphatic rings. The Labute approximate surface area is 179 Å². The summed E-state index contributed by atoms with van der Waals surface area (Å²) in [6.45, 7) is 4.74. The minimum atomic E-state index is -0.151. The lowest BCUT2D eigenvalue weighted by Crippen LogP contribution is -2.38. The van der Waals surface area contributed by atoms with Gasteiger partial charge in [0.25, 0.3) is 0 Å². The summed E-state index contributed by atoms with van der Waals surface area (Å²) in [6, 6.07) is 11.1. The summed E-state index contributed by atoms with van der Waals surface area (Å²) in [4.78, 5) is 29.6. The van der Waals surface area contributed by atoms with Crippen molar-refractivity contribution in [3.8, 4) is 0 Å². The number of rotatable bonds is 6. The normalized spacial score (nSPS) is 14.0. The predicted molar refractivity (Wildman–Crippen MR) is 118 cm³/mol. The van der Waals surface area contributed by atoms with Crippen molar-refractivity contribution >= 4 is 52.3 Å². The standard InChI is InChI=1S/C20H24ClN3O2S2/c1-2-23(14-17-7-8-18(21)28-17)20(26)22-16-5-3-15(4-6-16)13-19(25)24-9-11-27-12-10-24/h3-8H,2,9-14H2,1H3,(H,22,26). The number of urea groups is 1. The van der Waals surface area contributed by atoms with E-state index in [4.69, 9.17) is 11.6 Å². The summed E-state index contributed by atoms with van der Waals surface area (Å²) in [5, 5.41) is 2.92. The molecule has 1 aromatic carbocycles. The van der Waals surface area contributed by atoms with Crippen LogP contribution in [0, 0.1) is 0 Å². The first-order chi connectivity index (χ1) is 13.5. The Morgan fingerprint density at radius 2 is 1.86 bits per heavy atom. The van der Waals surface area contributed by atoms with Crippen molar-refractivity contribution in [2.75, 3.05) is 36.5 Å². The van der Waals surface area contributed by atoms with Crippen molar-refractivity contribution in [2.45, 2.75) is 19.9 Å². The van der Waals surface area contributed by atoms with Crippen LogP contribution in [0.15, 0.2) is 36.4 Å². The molecule has 0 atom stereocenters. The van der Waals surface area contributed by atoms with Crippen LogP contribution < -0.4 is 5.32 Å². The molecular formula is C20H24ClN3O2S2. The summed E-state index contributed by atoms with van der Waals surface area (Å²) >= 11 is 9.34. The van der Waals surface area contributed by atoms with Gasteiger partial charge in [-0.15, -0.1) is 11.3 Å². The molecule has 1 aliphatic heterocycles. The number of carbonyl (C=O) groups is 2. The van der Waals surface area contributed by atoms with E-state index >= 15 is 0 Å². The van der Waals surface area contributed by atoms with Crippen LogP contribution in [0.2, 0.25) is 4.34 Å². The molecule has 150 valence electrons. The lowest BCUT2D eigenvalue weighted by Gasteiger charge is -2.26. The summed E-state index contributed by atoms with van der Waals surface area (Å²) in [7, 11) is 0. The first-order valence-corrected chi connectivity index (χ1v) is 11.6. The molecule has 2 aromatic rings. The zero-order valence-corrected chi connectivity index (χ0v) is 18.2. The monoisotopic (exact) mass is 437 g/mol. The van der Waals surface area contributed by atoms with Crippen LogP contribution in [-0.4, -0.2) is 52.9 Å². The zero-order chi connectivity index (χ0) is 19.9. The van der Waals surface area contributed by atoms with Crippen LogP contribution in [0.1, 0.15) is 17.4 Å². The number of thiophene rings is 1. The molecule has 1 fully saturated rings. The molecule has 8 heteroatoms. The molecule has 2 heterocycles. The van der Waals surface area contributed by atoms with Crippen LogP contribution >= 0.6 is 34.7 Å². The van der Waals surface area contributed by atoms with Crippen LogP contribution in [0.3, 0.4) is 0 Å². The Hall–Kier alpha value is -1.70. The van der Waals surface area contributed by atoms with E-state index in [0.717, 1.165) is 45.1 Å². The molecule has 0 aliphatic carbocycles. The fourth-order valence-electron chi connectivity index (χ4n) is 2.96. The lowest BCUT2D eigenvalue weighted by atomic mass is 10.1. The number of anilines is 1. The van der Waals surface area contributed by atoms with Crippen LogP contribution in [0.25, 0.3) is 0 Å². The molecule has 28 heavy (non-hydrogen) atoms. The molecule has 1 N–H and O–H groups in total. The first-order valence-electron chi connectivity index (χ1n) is 9.29. The van der Waals surface area contributed by atoms with Gasteiger partial charge < -0.3 is 15.1 Å². The average molecular weight is 438 g/mol. The minimum absolute atomic E-state index is 0.151. The van der Waals surface area contributed by atoms with E-state index in [1.807, 2.05) is 60.0 Å². The number of nitrogens with zero attached hydrogens (tertiary/aromatic N) is 2. The van der Waals surface area contributed by atoms with Crippen LogP contribution in [0.4, 0.5) is 10.5 Å². The summed E-state index contributed by atoms with van der Waals surface area (Å²) < 4.78 is 0.722. The first kappa shape index (κ1) is 21.0. The van der Waals surface area contributed by atoms with Crippen molar-refractivity contribution in [2.24, 2.45) is 0 Å². The SMILES string of the molecule is CCN(Cc1ccc(Cl)s1)C(=O)Nc1ccc(CC(=O)N2CCSCC2)cc1. The van der Waals surface area contributed by atoms with Crippen molar-refractivity contribution in [1.29, 1.82) is 0 Å². The van der Waals surface area contributed by atoms with Gasteiger partial charge in [0.1, 0.15) is 0 Å².